The molecule has 1 aliphatic carbocycles. The molecule has 0 radical (unpaired) electrons. The molecule has 0 aromatic heterocycles. The van der Waals surface area contributed by atoms with Crippen molar-refractivity contribution in [1.29, 1.82) is 0 Å². The van der Waals surface area contributed by atoms with Crippen LogP contribution >= 0.6 is 11.8 Å². The number of nitrogens with one attached hydrogen (secondary N) is 1. The molecule has 0 amide bonds. The third kappa shape index (κ3) is 2.93. The second-order valence-corrected chi connectivity index (χ2v) is 7.19. The Bertz CT molecular complexity index is 280. The summed E-state index contributed by atoms with van der Waals surface area (Å²) in [6, 6.07) is 1.21. The van der Waals surface area contributed by atoms with E-state index in [0.717, 1.165) is 12.0 Å². The zero-order chi connectivity index (χ0) is 11.8. The molecule has 1 N–H and O–H groups in total. The zero-order valence-corrected chi connectivity index (χ0v) is 11.7. The van der Waals surface area contributed by atoms with Gasteiger partial charge in [-0.05, 0) is 24.2 Å². The molecular weight excluding hydrogens is 216 g/mol. The highest BCUT2D eigenvalue weighted by molar-refractivity contribution is 8.13. The molecule has 0 saturated heterocycles. The second-order valence-electron chi connectivity index (χ2n) is 6.11. The molecule has 2 rings (SSSR count). The van der Waals surface area contributed by atoms with E-state index in [1.807, 2.05) is 11.8 Å². The number of thioether (sulfide) groups is 1. The summed E-state index contributed by atoms with van der Waals surface area (Å²) in [6.07, 6.45) is 3.87. The Morgan fingerprint density at radius 1 is 1.44 bits per heavy atom. The quantitative estimate of drug-likeness (QED) is 0.801. The lowest BCUT2D eigenvalue weighted by molar-refractivity contribution is 0.315. The predicted octanol–water partition coefficient (Wildman–Crippen LogP) is 3.28. The van der Waals surface area contributed by atoms with Crippen molar-refractivity contribution in [3.8, 4) is 0 Å². The summed E-state index contributed by atoms with van der Waals surface area (Å²) in [6.45, 7) is 9.16. The molecular formula is C13H24N2S. The van der Waals surface area contributed by atoms with E-state index in [0.29, 0.717) is 11.5 Å². The highest BCUT2D eigenvalue weighted by Gasteiger charge is 2.37. The first kappa shape index (κ1) is 12.3. The standard InChI is InChI=1S/C13H24N2S/c1-5-9-8-10(9)14-12-15-11(6-7-16-12)13(2,3)4/h9-11H,5-8H2,1-4H3,(H,14,15). The second kappa shape index (κ2) is 4.59. The Hall–Kier alpha value is -0.180. The molecule has 2 nitrogen and oxygen atoms in total. The lowest BCUT2D eigenvalue weighted by Crippen LogP contribution is -2.34. The molecule has 3 atom stereocenters. The van der Waals surface area contributed by atoms with Crippen molar-refractivity contribution < 1.29 is 0 Å². The average Bonchev–Trinajstić information content (AvgIpc) is 2.95. The first-order valence-corrected chi connectivity index (χ1v) is 7.46. The monoisotopic (exact) mass is 240 g/mol. The van der Waals surface area contributed by atoms with Gasteiger partial charge in [-0.25, -0.2) is 0 Å². The zero-order valence-electron chi connectivity index (χ0n) is 10.9. The highest BCUT2D eigenvalue weighted by atomic mass is 32.2. The van der Waals surface area contributed by atoms with Gasteiger partial charge in [0.05, 0.1) is 6.04 Å². The summed E-state index contributed by atoms with van der Waals surface area (Å²) in [7, 11) is 0. The number of hydrogen-bond donors (Lipinski definition) is 1. The number of hydrogen-bond acceptors (Lipinski definition) is 3. The Kier molecular flexibility index (Phi) is 3.53. The maximum absolute atomic E-state index is 4.87. The minimum atomic E-state index is 0.307. The summed E-state index contributed by atoms with van der Waals surface area (Å²) < 4.78 is 0. The topological polar surface area (TPSA) is 24.4 Å². The molecule has 3 heteroatoms. The van der Waals surface area contributed by atoms with Crippen LogP contribution in [-0.2, 0) is 0 Å². The molecule has 0 aromatic rings. The van der Waals surface area contributed by atoms with Crippen LogP contribution in [0.15, 0.2) is 4.99 Å². The molecule has 1 fully saturated rings. The minimum Gasteiger partial charge on any atom is -0.362 e. The van der Waals surface area contributed by atoms with Gasteiger partial charge in [0.25, 0.3) is 0 Å². The minimum absolute atomic E-state index is 0.307. The van der Waals surface area contributed by atoms with E-state index < -0.39 is 0 Å². The summed E-state index contributed by atoms with van der Waals surface area (Å²) in [5.41, 5.74) is 0.307. The highest BCUT2D eigenvalue weighted by Crippen LogP contribution is 2.35. The van der Waals surface area contributed by atoms with Gasteiger partial charge in [-0.1, -0.05) is 45.9 Å². The van der Waals surface area contributed by atoms with Crippen molar-refractivity contribution >= 4 is 16.9 Å². The van der Waals surface area contributed by atoms with Crippen LogP contribution in [0.5, 0.6) is 0 Å². The normalized spacial score (nSPS) is 34.5. The molecule has 1 aliphatic heterocycles. The van der Waals surface area contributed by atoms with E-state index >= 15 is 0 Å². The van der Waals surface area contributed by atoms with Gasteiger partial charge >= 0.3 is 0 Å². The van der Waals surface area contributed by atoms with Gasteiger partial charge < -0.3 is 5.32 Å². The number of rotatable bonds is 2. The molecule has 92 valence electrons. The maximum atomic E-state index is 4.87. The average molecular weight is 240 g/mol. The van der Waals surface area contributed by atoms with Crippen LogP contribution < -0.4 is 5.32 Å². The van der Waals surface area contributed by atoms with E-state index in [9.17, 15) is 0 Å². The van der Waals surface area contributed by atoms with Crippen LogP contribution in [0.2, 0.25) is 0 Å². The van der Waals surface area contributed by atoms with E-state index in [1.165, 1.54) is 30.2 Å². The molecule has 0 aromatic carbocycles. The number of aliphatic imine (C=N–C) groups is 1. The van der Waals surface area contributed by atoms with Crippen LogP contribution in [0, 0.1) is 11.3 Å². The van der Waals surface area contributed by atoms with Crippen LogP contribution in [0.3, 0.4) is 0 Å². The fraction of sp³-hybridized carbons (Fsp3) is 0.923. The molecule has 1 heterocycles. The van der Waals surface area contributed by atoms with Crippen molar-refractivity contribution in [2.75, 3.05) is 5.75 Å². The Labute approximate surface area is 104 Å². The van der Waals surface area contributed by atoms with Crippen molar-refractivity contribution in [3.63, 3.8) is 0 Å². The molecule has 1 saturated carbocycles. The van der Waals surface area contributed by atoms with Crippen molar-refractivity contribution in [1.82, 2.24) is 5.32 Å². The Morgan fingerprint density at radius 3 is 2.75 bits per heavy atom. The van der Waals surface area contributed by atoms with E-state index in [4.69, 9.17) is 4.99 Å². The van der Waals surface area contributed by atoms with Crippen LogP contribution in [-0.4, -0.2) is 23.0 Å². The Morgan fingerprint density at radius 2 is 2.19 bits per heavy atom. The molecule has 2 aliphatic rings. The van der Waals surface area contributed by atoms with Gasteiger partial charge in [-0.3, -0.25) is 4.99 Å². The summed E-state index contributed by atoms with van der Waals surface area (Å²) in [5.74, 6) is 2.12. The smallest absolute Gasteiger partial charge is 0.157 e. The van der Waals surface area contributed by atoms with Crippen molar-refractivity contribution in [3.05, 3.63) is 0 Å². The van der Waals surface area contributed by atoms with Crippen LogP contribution in [0.1, 0.15) is 47.0 Å². The Balaban J connectivity index is 1.92. The summed E-state index contributed by atoms with van der Waals surface area (Å²) in [5, 5.41) is 4.81. The molecule has 3 unspecified atom stereocenters. The van der Waals surface area contributed by atoms with Gasteiger partial charge in [0.1, 0.15) is 0 Å². The largest absolute Gasteiger partial charge is 0.362 e. The third-order valence-corrected chi connectivity index (χ3v) is 4.60. The summed E-state index contributed by atoms with van der Waals surface area (Å²) in [4.78, 5) is 4.87. The first-order chi connectivity index (χ1) is 7.50. The van der Waals surface area contributed by atoms with Crippen LogP contribution in [0.4, 0.5) is 0 Å². The van der Waals surface area contributed by atoms with Crippen molar-refractivity contribution in [2.45, 2.75) is 59.0 Å². The fourth-order valence-electron chi connectivity index (χ4n) is 2.25. The predicted molar refractivity (Wildman–Crippen MR) is 73.1 cm³/mol. The SMILES string of the molecule is CCC1CC1NC1=NC(C(C)(C)C)CCS1. The summed E-state index contributed by atoms with van der Waals surface area (Å²) >= 11 is 1.90. The molecule has 0 bridgehead atoms. The van der Waals surface area contributed by atoms with Gasteiger partial charge in [0.15, 0.2) is 5.17 Å². The lowest BCUT2D eigenvalue weighted by Gasteiger charge is -2.31. The molecule has 16 heavy (non-hydrogen) atoms. The van der Waals surface area contributed by atoms with Gasteiger partial charge in [0.2, 0.25) is 0 Å². The number of nitrogens with zero attached hydrogens (tertiary/aromatic N) is 1. The third-order valence-electron chi connectivity index (χ3n) is 3.66. The lowest BCUT2D eigenvalue weighted by atomic mass is 9.85. The van der Waals surface area contributed by atoms with E-state index in [1.54, 1.807) is 0 Å². The maximum Gasteiger partial charge on any atom is 0.157 e. The van der Waals surface area contributed by atoms with Gasteiger partial charge in [-0.2, -0.15) is 0 Å². The first-order valence-electron chi connectivity index (χ1n) is 6.48. The van der Waals surface area contributed by atoms with E-state index in [2.05, 4.69) is 33.0 Å². The van der Waals surface area contributed by atoms with Crippen molar-refractivity contribution in [2.24, 2.45) is 16.3 Å². The van der Waals surface area contributed by atoms with Gasteiger partial charge in [0, 0.05) is 11.8 Å². The van der Waals surface area contributed by atoms with Gasteiger partial charge in [-0.15, -0.1) is 0 Å². The van der Waals surface area contributed by atoms with E-state index in [-0.39, 0.29) is 0 Å². The molecule has 0 spiro atoms. The number of amidine groups is 1. The fourth-order valence-corrected chi connectivity index (χ4v) is 3.22. The van der Waals surface area contributed by atoms with Crippen LogP contribution in [0.25, 0.3) is 0 Å².